The average molecular weight is 305 g/mol. The standard InChI is InChI=1S/C19H32OSi/c1-14-15(2)21(18(3,4)5,19(6,7)8)20-17(14)16-12-10-9-11-13-16/h9-15,17H,1-8H3/t14-,15-,17?/m1/s1. The first kappa shape index (κ1) is 16.8. The van der Waals surface area contributed by atoms with Gasteiger partial charge in [-0.3, -0.25) is 0 Å². The molecule has 1 aromatic rings. The topological polar surface area (TPSA) is 9.23 Å². The van der Waals surface area contributed by atoms with E-state index in [1.54, 1.807) is 0 Å². The highest BCUT2D eigenvalue weighted by Crippen LogP contribution is 2.66. The van der Waals surface area contributed by atoms with Crippen molar-refractivity contribution in [2.24, 2.45) is 5.92 Å². The van der Waals surface area contributed by atoms with Crippen LogP contribution in [0, 0.1) is 5.92 Å². The molecule has 2 rings (SSSR count). The third-order valence-corrected chi connectivity index (χ3v) is 12.5. The number of rotatable bonds is 1. The minimum absolute atomic E-state index is 0.239. The Labute approximate surface area is 132 Å². The molecule has 0 spiro atoms. The van der Waals surface area contributed by atoms with Gasteiger partial charge in [0.1, 0.15) is 0 Å². The summed E-state index contributed by atoms with van der Waals surface area (Å²) >= 11 is 0. The molecule has 0 saturated carbocycles. The zero-order valence-corrected chi connectivity index (χ0v) is 16.0. The van der Waals surface area contributed by atoms with E-state index in [0.717, 1.165) is 0 Å². The molecule has 118 valence electrons. The Hall–Kier alpha value is -0.603. The maximum absolute atomic E-state index is 7.03. The molecule has 3 atom stereocenters. The molecule has 1 nitrogen and oxygen atoms in total. The van der Waals surface area contributed by atoms with Gasteiger partial charge in [0.2, 0.25) is 8.32 Å². The monoisotopic (exact) mass is 304 g/mol. The lowest BCUT2D eigenvalue weighted by Crippen LogP contribution is -2.54. The molecule has 0 amide bonds. The first-order valence-corrected chi connectivity index (χ1v) is 10.2. The number of hydrogen-bond acceptors (Lipinski definition) is 1. The van der Waals surface area contributed by atoms with Crippen LogP contribution in [0.15, 0.2) is 30.3 Å². The second kappa shape index (κ2) is 5.24. The van der Waals surface area contributed by atoms with Crippen LogP contribution in [0.5, 0.6) is 0 Å². The van der Waals surface area contributed by atoms with Crippen molar-refractivity contribution in [1.29, 1.82) is 0 Å². The Balaban J connectivity index is 2.51. The van der Waals surface area contributed by atoms with Crippen molar-refractivity contribution in [3.05, 3.63) is 35.9 Å². The molecule has 0 aromatic heterocycles. The number of hydrogen-bond donors (Lipinski definition) is 0. The third-order valence-electron chi connectivity index (χ3n) is 5.58. The van der Waals surface area contributed by atoms with Gasteiger partial charge in [-0.25, -0.2) is 0 Å². The lowest BCUT2D eigenvalue weighted by molar-refractivity contribution is 0.168. The highest BCUT2D eigenvalue weighted by molar-refractivity contribution is 6.81. The van der Waals surface area contributed by atoms with E-state index in [2.05, 4.69) is 85.7 Å². The fourth-order valence-electron chi connectivity index (χ4n) is 4.91. The molecule has 2 heteroatoms. The van der Waals surface area contributed by atoms with Crippen LogP contribution in [-0.2, 0) is 4.43 Å². The molecule has 1 saturated heterocycles. The SMILES string of the molecule is C[C@@H]1[C@@H](C)C(c2ccccc2)O[Si]1(C(C)(C)C)C(C)(C)C. The Morgan fingerprint density at radius 1 is 0.857 bits per heavy atom. The minimum atomic E-state index is -1.95. The van der Waals surface area contributed by atoms with Gasteiger partial charge in [0.25, 0.3) is 0 Å². The zero-order chi connectivity index (χ0) is 16.1. The maximum Gasteiger partial charge on any atom is 0.207 e. The second-order valence-electron chi connectivity index (χ2n) is 8.83. The highest BCUT2D eigenvalue weighted by atomic mass is 28.4. The average Bonchev–Trinajstić information content (AvgIpc) is 2.64. The van der Waals surface area contributed by atoms with Gasteiger partial charge in [-0.1, -0.05) is 85.7 Å². The summed E-state index contributed by atoms with van der Waals surface area (Å²) in [5.74, 6) is 0.581. The van der Waals surface area contributed by atoms with Crippen molar-refractivity contribution < 1.29 is 4.43 Å². The van der Waals surface area contributed by atoms with Crippen molar-refractivity contribution in [2.45, 2.75) is 77.1 Å². The molecular formula is C19H32OSi. The van der Waals surface area contributed by atoms with E-state index >= 15 is 0 Å². The van der Waals surface area contributed by atoms with Crippen LogP contribution in [0.25, 0.3) is 0 Å². The molecule has 0 N–H and O–H groups in total. The summed E-state index contributed by atoms with van der Waals surface area (Å²) in [4.78, 5) is 0. The summed E-state index contributed by atoms with van der Waals surface area (Å²) in [6.45, 7) is 19.2. The third kappa shape index (κ3) is 2.51. The van der Waals surface area contributed by atoms with Crippen LogP contribution in [-0.4, -0.2) is 8.32 Å². The van der Waals surface area contributed by atoms with Gasteiger partial charge in [0, 0.05) is 0 Å². The fraction of sp³-hybridized carbons (Fsp3) is 0.684. The van der Waals surface area contributed by atoms with Crippen LogP contribution in [0.3, 0.4) is 0 Å². The summed E-state index contributed by atoms with van der Waals surface area (Å²) in [6.07, 6.45) is 0.256. The number of benzene rings is 1. The maximum atomic E-state index is 7.03. The molecule has 0 bridgehead atoms. The van der Waals surface area contributed by atoms with Crippen molar-refractivity contribution in [1.82, 2.24) is 0 Å². The second-order valence-corrected chi connectivity index (χ2v) is 14.5. The minimum Gasteiger partial charge on any atom is -0.408 e. The van der Waals surface area contributed by atoms with Crippen LogP contribution < -0.4 is 0 Å². The lowest BCUT2D eigenvalue weighted by Gasteiger charge is -2.51. The molecule has 21 heavy (non-hydrogen) atoms. The van der Waals surface area contributed by atoms with E-state index in [4.69, 9.17) is 4.43 Å². The quantitative estimate of drug-likeness (QED) is 0.551. The molecule has 1 aliphatic rings. The molecule has 0 aliphatic carbocycles. The van der Waals surface area contributed by atoms with Crippen LogP contribution in [0.1, 0.15) is 67.1 Å². The molecule has 1 aliphatic heterocycles. The van der Waals surface area contributed by atoms with Gasteiger partial charge in [0.15, 0.2) is 0 Å². The highest BCUT2D eigenvalue weighted by Gasteiger charge is 2.65. The van der Waals surface area contributed by atoms with Crippen molar-refractivity contribution in [2.75, 3.05) is 0 Å². The smallest absolute Gasteiger partial charge is 0.207 e. The van der Waals surface area contributed by atoms with Gasteiger partial charge >= 0.3 is 0 Å². The summed E-state index contributed by atoms with van der Waals surface area (Å²) in [7, 11) is -1.95. The van der Waals surface area contributed by atoms with E-state index in [1.165, 1.54) is 5.56 Å². The zero-order valence-electron chi connectivity index (χ0n) is 15.0. The van der Waals surface area contributed by atoms with Crippen molar-refractivity contribution in [3.8, 4) is 0 Å². The van der Waals surface area contributed by atoms with Crippen LogP contribution >= 0.6 is 0 Å². The predicted molar refractivity (Wildman–Crippen MR) is 94.0 cm³/mol. The molecule has 1 fully saturated rings. The summed E-state index contributed by atoms with van der Waals surface area (Å²) in [5, 5.41) is 0.477. The Morgan fingerprint density at radius 3 is 1.71 bits per heavy atom. The molecule has 0 radical (unpaired) electrons. The Kier molecular flexibility index (Phi) is 4.18. The largest absolute Gasteiger partial charge is 0.408 e. The van der Waals surface area contributed by atoms with E-state index in [9.17, 15) is 0 Å². The van der Waals surface area contributed by atoms with Crippen molar-refractivity contribution in [3.63, 3.8) is 0 Å². The normalized spacial score (nSPS) is 29.6. The van der Waals surface area contributed by atoms with Crippen LogP contribution in [0.4, 0.5) is 0 Å². The first-order chi connectivity index (χ1) is 9.52. The summed E-state index contributed by atoms with van der Waals surface area (Å²) in [6, 6.07) is 10.8. The van der Waals surface area contributed by atoms with E-state index < -0.39 is 8.32 Å². The Morgan fingerprint density at radius 2 is 1.33 bits per heavy atom. The summed E-state index contributed by atoms with van der Waals surface area (Å²) in [5.41, 5.74) is 2.00. The van der Waals surface area contributed by atoms with Gasteiger partial charge in [-0.05, 0) is 27.1 Å². The lowest BCUT2D eigenvalue weighted by atomic mass is 9.95. The van der Waals surface area contributed by atoms with E-state index in [1.807, 2.05) is 0 Å². The fourth-order valence-corrected chi connectivity index (χ4v) is 12.5. The predicted octanol–water partition coefficient (Wildman–Crippen LogP) is 6.33. The van der Waals surface area contributed by atoms with Gasteiger partial charge < -0.3 is 4.43 Å². The summed E-state index contributed by atoms with van der Waals surface area (Å²) < 4.78 is 7.03. The Bertz CT molecular complexity index is 467. The first-order valence-electron chi connectivity index (χ1n) is 8.25. The van der Waals surface area contributed by atoms with Crippen molar-refractivity contribution >= 4 is 8.32 Å². The van der Waals surface area contributed by atoms with E-state index in [-0.39, 0.29) is 16.2 Å². The molecular weight excluding hydrogens is 272 g/mol. The van der Waals surface area contributed by atoms with Crippen LogP contribution in [0.2, 0.25) is 15.6 Å². The molecule has 1 unspecified atom stereocenters. The molecule has 1 heterocycles. The van der Waals surface area contributed by atoms with E-state index in [0.29, 0.717) is 11.5 Å². The van der Waals surface area contributed by atoms with Gasteiger partial charge in [-0.2, -0.15) is 0 Å². The van der Waals surface area contributed by atoms with Gasteiger partial charge in [0.05, 0.1) is 6.10 Å². The van der Waals surface area contributed by atoms with Gasteiger partial charge in [-0.15, -0.1) is 0 Å². The molecule has 1 aromatic carbocycles.